The Morgan fingerprint density at radius 2 is 2.12 bits per heavy atom. The van der Waals surface area contributed by atoms with E-state index in [9.17, 15) is 5.26 Å². The third-order valence-corrected chi connectivity index (χ3v) is 6.14. The van der Waals surface area contributed by atoms with Crippen molar-refractivity contribution >= 4 is 34.2 Å². The van der Waals surface area contributed by atoms with E-state index < -0.39 is 0 Å². The highest BCUT2D eigenvalue weighted by Gasteiger charge is 2.24. The summed E-state index contributed by atoms with van der Waals surface area (Å²) in [4.78, 5) is 16.7. The molecule has 0 unspecified atom stereocenters. The van der Waals surface area contributed by atoms with Crippen molar-refractivity contribution in [3.05, 3.63) is 41.7 Å². The van der Waals surface area contributed by atoms with Gasteiger partial charge in [-0.2, -0.15) is 15.2 Å². The SMILES string of the molecule is CN=C(C=CN)c1ccc(Nc2nc(NCC3CCC3)c3c(C#N)c[nH]c3n2)c2c1OCCO2. The minimum absolute atomic E-state index is 0.380. The van der Waals surface area contributed by atoms with E-state index in [0.29, 0.717) is 70.4 Å². The first-order valence-electron chi connectivity index (χ1n) is 11.3. The number of aromatic nitrogens is 3. The molecule has 34 heavy (non-hydrogen) atoms. The number of aromatic amines is 1. The van der Waals surface area contributed by atoms with Crippen LogP contribution in [0.3, 0.4) is 0 Å². The maximum atomic E-state index is 9.53. The number of benzene rings is 1. The van der Waals surface area contributed by atoms with Crippen LogP contribution in [0.2, 0.25) is 0 Å². The average Bonchev–Trinajstić information content (AvgIpc) is 3.25. The highest BCUT2D eigenvalue weighted by Crippen LogP contribution is 2.42. The zero-order chi connectivity index (χ0) is 23.5. The number of H-pyrrole nitrogens is 1. The summed E-state index contributed by atoms with van der Waals surface area (Å²) in [5, 5.41) is 16.9. The van der Waals surface area contributed by atoms with E-state index in [2.05, 4.69) is 31.7 Å². The predicted octanol–water partition coefficient (Wildman–Crippen LogP) is 3.45. The Hall–Kier alpha value is -4.26. The summed E-state index contributed by atoms with van der Waals surface area (Å²) in [6.45, 7) is 1.67. The van der Waals surface area contributed by atoms with Gasteiger partial charge in [0.25, 0.3) is 0 Å². The molecule has 1 saturated carbocycles. The van der Waals surface area contributed by atoms with Gasteiger partial charge in [-0.1, -0.05) is 6.42 Å². The van der Waals surface area contributed by atoms with E-state index in [1.54, 1.807) is 19.3 Å². The highest BCUT2D eigenvalue weighted by molar-refractivity contribution is 6.11. The molecule has 1 aliphatic carbocycles. The first-order chi connectivity index (χ1) is 16.7. The van der Waals surface area contributed by atoms with Crippen LogP contribution in [0.4, 0.5) is 17.5 Å². The molecule has 1 aliphatic heterocycles. The van der Waals surface area contributed by atoms with Gasteiger partial charge in [0.1, 0.15) is 30.7 Å². The first-order valence-corrected chi connectivity index (χ1v) is 11.3. The van der Waals surface area contributed by atoms with Crippen LogP contribution in [-0.2, 0) is 0 Å². The summed E-state index contributed by atoms with van der Waals surface area (Å²) in [5.41, 5.74) is 8.82. The first kappa shape index (κ1) is 21.6. The van der Waals surface area contributed by atoms with Gasteiger partial charge in [0.2, 0.25) is 5.95 Å². The smallest absolute Gasteiger partial charge is 0.231 e. The van der Waals surface area contributed by atoms with Crippen LogP contribution in [0.15, 0.2) is 35.6 Å². The van der Waals surface area contributed by atoms with Crippen molar-refractivity contribution in [2.24, 2.45) is 16.6 Å². The number of allylic oxidation sites excluding steroid dienone is 1. The molecule has 2 aromatic heterocycles. The lowest BCUT2D eigenvalue weighted by Gasteiger charge is -2.26. The van der Waals surface area contributed by atoms with Gasteiger partial charge in [-0.25, -0.2) is 0 Å². The minimum atomic E-state index is 0.380. The summed E-state index contributed by atoms with van der Waals surface area (Å²) in [6, 6.07) is 5.99. The molecular weight excluding hydrogens is 432 g/mol. The van der Waals surface area contributed by atoms with Crippen molar-refractivity contribution in [3.8, 4) is 17.6 Å². The molecule has 10 nitrogen and oxygen atoms in total. The third kappa shape index (κ3) is 3.96. The summed E-state index contributed by atoms with van der Waals surface area (Å²) < 4.78 is 11.9. The Balaban J connectivity index is 1.52. The molecule has 0 bridgehead atoms. The Labute approximate surface area is 196 Å². The Bertz CT molecular complexity index is 1320. The lowest BCUT2D eigenvalue weighted by atomic mass is 9.85. The number of rotatable bonds is 7. The molecule has 0 atom stereocenters. The van der Waals surface area contributed by atoms with Crippen molar-refractivity contribution in [2.45, 2.75) is 19.3 Å². The van der Waals surface area contributed by atoms with E-state index in [4.69, 9.17) is 20.2 Å². The topological polar surface area (TPSA) is 146 Å². The van der Waals surface area contributed by atoms with Crippen molar-refractivity contribution in [1.82, 2.24) is 15.0 Å². The number of nitrogens with one attached hydrogen (secondary N) is 3. The maximum absolute atomic E-state index is 9.53. The zero-order valence-corrected chi connectivity index (χ0v) is 18.9. The number of aliphatic imine (C=N–C) groups is 1. The molecule has 1 fully saturated rings. The summed E-state index contributed by atoms with van der Waals surface area (Å²) >= 11 is 0. The van der Waals surface area contributed by atoms with Crippen LogP contribution in [0.5, 0.6) is 11.5 Å². The van der Waals surface area contributed by atoms with Crippen LogP contribution >= 0.6 is 0 Å². The van der Waals surface area contributed by atoms with Crippen molar-refractivity contribution in [2.75, 3.05) is 37.4 Å². The summed E-state index contributed by atoms with van der Waals surface area (Å²) in [7, 11) is 1.70. The summed E-state index contributed by atoms with van der Waals surface area (Å²) in [6.07, 6.45) is 8.50. The summed E-state index contributed by atoms with van der Waals surface area (Å²) in [5.74, 6) is 2.80. The van der Waals surface area contributed by atoms with Gasteiger partial charge in [0.15, 0.2) is 11.5 Å². The Morgan fingerprint density at radius 1 is 1.29 bits per heavy atom. The largest absolute Gasteiger partial charge is 0.485 e. The second-order valence-electron chi connectivity index (χ2n) is 8.22. The highest BCUT2D eigenvalue weighted by atomic mass is 16.6. The van der Waals surface area contributed by atoms with E-state index in [-0.39, 0.29) is 0 Å². The van der Waals surface area contributed by atoms with Crippen LogP contribution < -0.4 is 25.8 Å². The maximum Gasteiger partial charge on any atom is 0.231 e. The average molecular weight is 459 g/mol. The molecule has 5 N–H and O–H groups in total. The second kappa shape index (κ2) is 9.31. The van der Waals surface area contributed by atoms with Gasteiger partial charge in [-0.3, -0.25) is 4.99 Å². The number of anilines is 3. The Morgan fingerprint density at radius 3 is 2.82 bits per heavy atom. The van der Waals surface area contributed by atoms with Gasteiger partial charge >= 0.3 is 0 Å². The van der Waals surface area contributed by atoms with Crippen LogP contribution in [0.1, 0.15) is 30.4 Å². The van der Waals surface area contributed by atoms with E-state index in [0.717, 1.165) is 12.1 Å². The van der Waals surface area contributed by atoms with Gasteiger partial charge in [0.05, 0.1) is 22.3 Å². The van der Waals surface area contributed by atoms with E-state index in [1.165, 1.54) is 25.5 Å². The monoisotopic (exact) mass is 458 g/mol. The molecule has 10 heteroatoms. The molecule has 1 aromatic carbocycles. The Kier molecular flexibility index (Phi) is 5.91. The molecule has 174 valence electrons. The fourth-order valence-electron chi connectivity index (χ4n) is 4.18. The number of hydrogen-bond donors (Lipinski definition) is 4. The van der Waals surface area contributed by atoms with E-state index >= 15 is 0 Å². The molecule has 0 radical (unpaired) electrons. The predicted molar refractivity (Wildman–Crippen MR) is 131 cm³/mol. The molecule has 0 spiro atoms. The fraction of sp³-hybridized carbons (Fsp3) is 0.333. The van der Waals surface area contributed by atoms with Crippen molar-refractivity contribution in [3.63, 3.8) is 0 Å². The van der Waals surface area contributed by atoms with Gasteiger partial charge < -0.3 is 30.8 Å². The van der Waals surface area contributed by atoms with Crippen molar-refractivity contribution in [1.29, 1.82) is 5.26 Å². The standard InChI is InChI=1S/C24H26N8O2/c1-27-17(7-8-25)16-5-6-18(21-20(16)33-9-10-34-21)30-24-31-22(28-12-14-3-2-4-14)19-15(11-26)13-29-23(19)32-24/h5-8,13-14H,2-4,9-10,12,25H2,1H3,(H3,28,29,30,31,32). The number of fused-ring (bicyclic) bond motifs is 2. The van der Waals surface area contributed by atoms with Gasteiger partial charge in [0, 0.05) is 25.4 Å². The lowest BCUT2D eigenvalue weighted by Crippen LogP contribution is -2.21. The normalized spacial score (nSPS) is 15.8. The number of hydrogen-bond acceptors (Lipinski definition) is 9. The number of nitrogens with two attached hydrogens (primary N) is 1. The van der Waals surface area contributed by atoms with Crippen LogP contribution in [0.25, 0.3) is 11.0 Å². The molecule has 5 rings (SSSR count). The number of nitrogens with zero attached hydrogens (tertiary/aromatic N) is 4. The molecular formula is C24H26N8O2. The van der Waals surface area contributed by atoms with Gasteiger partial charge in [-0.05, 0) is 43.2 Å². The van der Waals surface area contributed by atoms with Crippen LogP contribution in [-0.4, -0.2) is 47.5 Å². The lowest BCUT2D eigenvalue weighted by molar-refractivity contribution is 0.172. The minimum Gasteiger partial charge on any atom is -0.485 e. The molecule has 3 heterocycles. The number of ether oxygens (including phenoxy) is 2. The fourth-order valence-corrected chi connectivity index (χ4v) is 4.18. The molecule has 0 saturated heterocycles. The molecule has 0 amide bonds. The number of nitriles is 1. The van der Waals surface area contributed by atoms with Gasteiger partial charge in [-0.15, -0.1) is 0 Å². The van der Waals surface area contributed by atoms with E-state index in [1.807, 2.05) is 12.1 Å². The third-order valence-electron chi connectivity index (χ3n) is 6.14. The van der Waals surface area contributed by atoms with Crippen molar-refractivity contribution < 1.29 is 9.47 Å². The molecule has 2 aliphatic rings. The second-order valence-corrected chi connectivity index (χ2v) is 8.22. The quantitative estimate of drug-likeness (QED) is 0.394. The van der Waals surface area contributed by atoms with Crippen LogP contribution in [0, 0.1) is 17.2 Å². The molecule has 3 aromatic rings. The zero-order valence-electron chi connectivity index (χ0n) is 18.9.